The van der Waals surface area contributed by atoms with Crippen LogP contribution >= 0.6 is 0 Å². The Morgan fingerprint density at radius 2 is 2.07 bits per heavy atom. The second-order valence-electron chi connectivity index (χ2n) is 4.87. The van der Waals surface area contributed by atoms with Gasteiger partial charge in [0.05, 0.1) is 0 Å². The molecule has 0 spiro atoms. The largest absolute Gasteiger partial charge is 0.315 e. The third-order valence-corrected chi connectivity index (χ3v) is 3.96. The predicted molar refractivity (Wildman–Crippen MR) is 66.3 cm³/mol. The summed E-state index contributed by atoms with van der Waals surface area (Å²) >= 11 is 0. The molecule has 3 nitrogen and oxygen atoms in total. The smallest absolute Gasteiger partial charge is 0.0222 e. The van der Waals surface area contributed by atoms with E-state index in [2.05, 4.69) is 50.0 Å². The van der Waals surface area contributed by atoms with E-state index in [4.69, 9.17) is 0 Å². The van der Waals surface area contributed by atoms with Crippen molar-refractivity contribution in [1.82, 2.24) is 15.1 Å². The molecule has 0 radical (unpaired) electrons. The minimum Gasteiger partial charge on any atom is -0.315 e. The Kier molecular flexibility index (Phi) is 5.03. The molecular formula is C12H27N3. The lowest BCUT2D eigenvalue weighted by Gasteiger charge is -2.43. The van der Waals surface area contributed by atoms with Crippen LogP contribution in [0, 0.1) is 0 Å². The van der Waals surface area contributed by atoms with Gasteiger partial charge in [-0.15, -0.1) is 0 Å². The second-order valence-corrected chi connectivity index (χ2v) is 4.87. The lowest BCUT2D eigenvalue weighted by molar-refractivity contribution is 0.0640. The molecule has 90 valence electrons. The van der Waals surface area contributed by atoms with Gasteiger partial charge >= 0.3 is 0 Å². The number of likely N-dealkylation sites (N-methyl/N-ethyl adjacent to an activating group) is 2. The van der Waals surface area contributed by atoms with Crippen molar-refractivity contribution in [3.05, 3.63) is 0 Å². The topological polar surface area (TPSA) is 18.5 Å². The van der Waals surface area contributed by atoms with Crippen molar-refractivity contribution in [3.63, 3.8) is 0 Å². The fourth-order valence-corrected chi connectivity index (χ4v) is 2.49. The van der Waals surface area contributed by atoms with Crippen LogP contribution in [0.5, 0.6) is 0 Å². The molecular weight excluding hydrogens is 186 g/mol. The van der Waals surface area contributed by atoms with Crippen LogP contribution in [0.25, 0.3) is 0 Å². The first-order valence-electron chi connectivity index (χ1n) is 6.21. The molecule has 1 fully saturated rings. The molecule has 0 aromatic rings. The predicted octanol–water partition coefficient (Wildman–Crippen LogP) is 1.01. The summed E-state index contributed by atoms with van der Waals surface area (Å²) in [6, 6.07) is 1.97. The van der Waals surface area contributed by atoms with Gasteiger partial charge in [0.25, 0.3) is 0 Å². The highest BCUT2D eigenvalue weighted by Crippen LogP contribution is 2.13. The van der Waals surface area contributed by atoms with Crippen LogP contribution in [0.1, 0.15) is 27.2 Å². The molecule has 1 heterocycles. The summed E-state index contributed by atoms with van der Waals surface area (Å²) in [5.74, 6) is 0. The van der Waals surface area contributed by atoms with Gasteiger partial charge in [-0.25, -0.2) is 0 Å². The Morgan fingerprint density at radius 3 is 2.53 bits per heavy atom. The van der Waals surface area contributed by atoms with E-state index in [0.29, 0.717) is 18.1 Å². The fourth-order valence-electron chi connectivity index (χ4n) is 2.49. The summed E-state index contributed by atoms with van der Waals surface area (Å²) in [5, 5.41) is 3.42. The first-order valence-corrected chi connectivity index (χ1v) is 6.21. The van der Waals surface area contributed by atoms with Gasteiger partial charge in [0.1, 0.15) is 0 Å². The molecule has 0 saturated carbocycles. The van der Waals surface area contributed by atoms with Crippen LogP contribution in [-0.4, -0.2) is 61.7 Å². The standard InChI is InChI=1S/C12H27N3/c1-6-12(13-4)11(3)15-8-7-14(5)10(2)9-15/h10-13H,6-9H2,1-5H3. The molecule has 15 heavy (non-hydrogen) atoms. The number of rotatable bonds is 4. The van der Waals surface area contributed by atoms with Gasteiger partial charge in [0.15, 0.2) is 0 Å². The van der Waals surface area contributed by atoms with Crippen molar-refractivity contribution in [2.45, 2.75) is 45.3 Å². The number of nitrogens with one attached hydrogen (secondary N) is 1. The van der Waals surface area contributed by atoms with Crippen LogP contribution in [0.3, 0.4) is 0 Å². The van der Waals surface area contributed by atoms with E-state index >= 15 is 0 Å². The van der Waals surface area contributed by atoms with E-state index in [1.807, 2.05) is 0 Å². The minimum absolute atomic E-state index is 0.626. The third kappa shape index (κ3) is 3.16. The van der Waals surface area contributed by atoms with E-state index in [-0.39, 0.29) is 0 Å². The molecule has 0 aromatic heterocycles. The highest BCUT2D eigenvalue weighted by molar-refractivity contribution is 4.85. The number of hydrogen-bond acceptors (Lipinski definition) is 3. The summed E-state index contributed by atoms with van der Waals surface area (Å²) in [7, 11) is 4.30. The molecule has 0 aromatic carbocycles. The van der Waals surface area contributed by atoms with Crippen LogP contribution in [-0.2, 0) is 0 Å². The summed E-state index contributed by atoms with van der Waals surface area (Å²) in [5.41, 5.74) is 0. The molecule has 1 aliphatic heterocycles. The van der Waals surface area contributed by atoms with Crippen LogP contribution in [0.2, 0.25) is 0 Å². The van der Waals surface area contributed by atoms with Crippen molar-refractivity contribution in [3.8, 4) is 0 Å². The summed E-state index contributed by atoms with van der Waals surface area (Å²) in [4.78, 5) is 5.07. The lowest BCUT2D eigenvalue weighted by atomic mass is 10.0. The van der Waals surface area contributed by atoms with Crippen molar-refractivity contribution >= 4 is 0 Å². The zero-order chi connectivity index (χ0) is 11.4. The Balaban J connectivity index is 2.49. The average molecular weight is 213 g/mol. The summed E-state index contributed by atoms with van der Waals surface area (Å²) < 4.78 is 0. The van der Waals surface area contributed by atoms with Gasteiger partial charge in [0, 0.05) is 37.8 Å². The molecule has 3 atom stereocenters. The lowest BCUT2D eigenvalue weighted by Crippen LogP contribution is -2.57. The van der Waals surface area contributed by atoms with Gasteiger partial charge in [-0.3, -0.25) is 4.90 Å². The Labute approximate surface area is 94.8 Å². The molecule has 1 saturated heterocycles. The van der Waals surface area contributed by atoms with E-state index in [1.165, 1.54) is 26.1 Å². The first-order chi connectivity index (χ1) is 7.10. The first kappa shape index (κ1) is 12.9. The molecule has 3 unspecified atom stereocenters. The van der Waals surface area contributed by atoms with E-state index in [9.17, 15) is 0 Å². The van der Waals surface area contributed by atoms with Gasteiger partial charge in [0.2, 0.25) is 0 Å². The molecule has 1 aliphatic rings. The Morgan fingerprint density at radius 1 is 1.40 bits per heavy atom. The van der Waals surface area contributed by atoms with Crippen LogP contribution < -0.4 is 5.32 Å². The highest BCUT2D eigenvalue weighted by Gasteiger charge is 2.27. The second kappa shape index (κ2) is 5.83. The quantitative estimate of drug-likeness (QED) is 0.752. The number of hydrogen-bond donors (Lipinski definition) is 1. The van der Waals surface area contributed by atoms with E-state index in [0.717, 1.165) is 0 Å². The highest BCUT2D eigenvalue weighted by atomic mass is 15.3. The van der Waals surface area contributed by atoms with Gasteiger partial charge in [-0.05, 0) is 34.4 Å². The van der Waals surface area contributed by atoms with Crippen molar-refractivity contribution in [2.75, 3.05) is 33.7 Å². The van der Waals surface area contributed by atoms with Crippen molar-refractivity contribution < 1.29 is 0 Å². The maximum Gasteiger partial charge on any atom is 0.0222 e. The van der Waals surface area contributed by atoms with Crippen LogP contribution in [0.15, 0.2) is 0 Å². The molecule has 3 heteroatoms. The van der Waals surface area contributed by atoms with Gasteiger partial charge < -0.3 is 10.2 Å². The van der Waals surface area contributed by atoms with Crippen molar-refractivity contribution in [2.24, 2.45) is 0 Å². The molecule has 0 aliphatic carbocycles. The monoisotopic (exact) mass is 213 g/mol. The number of piperazine rings is 1. The van der Waals surface area contributed by atoms with E-state index < -0.39 is 0 Å². The van der Waals surface area contributed by atoms with Gasteiger partial charge in [-0.1, -0.05) is 6.92 Å². The normalized spacial score (nSPS) is 29.0. The Bertz CT molecular complexity index is 180. The molecule has 0 bridgehead atoms. The average Bonchev–Trinajstić information content (AvgIpc) is 2.23. The molecule has 0 amide bonds. The van der Waals surface area contributed by atoms with Gasteiger partial charge in [-0.2, -0.15) is 0 Å². The zero-order valence-electron chi connectivity index (χ0n) is 11.0. The molecule has 1 N–H and O–H groups in total. The summed E-state index contributed by atoms with van der Waals surface area (Å²) in [6.45, 7) is 10.5. The number of nitrogens with zero attached hydrogens (tertiary/aromatic N) is 2. The molecule has 1 rings (SSSR count). The maximum atomic E-state index is 3.42. The van der Waals surface area contributed by atoms with E-state index in [1.54, 1.807) is 0 Å². The maximum absolute atomic E-state index is 3.42. The van der Waals surface area contributed by atoms with Crippen molar-refractivity contribution in [1.29, 1.82) is 0 Å². The fraction of sp³-hybridized carbons (Fsp3) is 1.00. The minimum atomic E-state index is 0.626. The summed E-state index contributed by atoms with van der Waals surface area (Å²) in [6.07, 6.45) is 1.21. The Hall–Kier alpha value is -0.120. The zero-order valence-corrected chi connectivity index (χ0v) is 11.0. The SMILES string of the molecule is CCC(NC)C(C)N1CCN(C)C(C)C1. The third-order valence-electron chi connectivity index (χ3n) is 3.96. The van der Waals surface area contributed by atoms with Crippen LogP contribution in [0.4, 0.5) is 0 Å².